The number of imidazole rings is 2. The molecule has 3 rings (SSSR count). The van der Waals surface area contributed by atoms with Crippen LogP contribution in [0.15, 0.2) is 25.0 Å². The number of aromatic amines is 2. The fraction of sp³-hybridized carbons (Fsp3) is 0.273. The van der Waals surface area contributed by atoms with E-state index in [1.807, 2.05) is 17.0 Å². The molecule has 0 saturated carbocycles. The molecule has 0 aliphatic carbocycles. The minimum absolute atomic E-state index is 0. The number of fused-ring (bicyclic) bond motifs is 1. The normalized spacial score (nSPS) is 10.5. The van der Waals surface area contributed by atoms with Gasteiger partial charge in [0.05, 0.1) is 12.5 Å². The summed E-state index contributed by atoms with van der Waals surface area (Å²) < 4.78 is 2.03. The Morgan fingerprint density at radius 3 is 2.94 bits per heavy atom. The van der Waals surface area contributed by atoms with E-state index in [2.05, 4.69) is 31.8 Å². The van der Waals surface area contributed by atoms with Crippen molar-refractivity contribution in [1.29, 1.82) is 0 Å². The van der Waals surface area contributed by atoms with Crippen molar-refractivity contribution in [2.75, 3.05) is 0 Å². The molecule has 0 aromatic carbocycles. The lowest BCUT2D eigenvalue weighted by atomic mass is 10.3. The first-order valence-corrected chi connectivity index (χ1v) is 5.62. The highest BCUT2D eigenvalue weighted by atomic mass is 127. The summed E-state index contributed by atoms with van der Waals surface area (Å²) in [5.41, 5.74) is 1.54. The van der Waals surface area contributed by atoms with Gasteiger partial charge in [-0.2, -0.15) is 4.98 Å². The van der Waals surface area contributed by atoms with Crippen LogP contribution in [0.25, 0.3) is 17.0 Å². The number of nitrogens with zero attached hydrogens (tertiary/aromatic N) is 4. The number of hydrogen-bond donors (Lipinski definition) is 2. The maximum atomic E-state index is 4.33. The predicted molar refractivity (Wildman–Crippen MR) is 61.6 cm³/mol. The minimum Gasteiger partial charge on any atom is -1.00 e. The molecule has 3 aromatic heterocycles. The Kier molecular flexibility index (Phi) is 3.90. The summed E-state index contributed by atoms with van der Waals surface area (Å²) in [5, 5.41) is 0. The standard InChI is InChI=1S/C11H12N6.HI/c1-2-3-8-12-4-5-17(8)11-9-10(14-6-13-9)15-7-16-11;/h4-7H,2-3H2,1H3,(H,13,14,15,16);1H. The first-order chi connectivity index (χ1) is 8.40. The van der Waals surface area contributed by atoms with Gasteiger partial charge in [-0.05, 0) is 6.42 Å². The molecule has 0 bridgehead atoms. The number of nitrogens with one attached hydrogen (secondary N) is 2. The summed E-state index contributed by atoms with van der Waals surface area (Å²) in [5.74, 6) is 1.96. The highest BCUT2D eigenvalue weighted by Crippen LogP contribution is 2.09. The summed E-state index contributed by atoms with van der Waals surface area (Å²) in [7, 11) is 0. The topological polar surface area (TPSA) is 74.1 Å². The third-order valence-corrected chi connectivity index (χ3v) is 2.68. The summed E-state index contributed by atoms with van der Waals surface area (Å²) in [4.78, 5) is 18.9. The van der Waals surface area contributed by atoms with Crippen molar-refractivity contribution in [3.63, 3.8) is 0 Å². The number of rotatable bonds is 3. The first kappa shape index (κ1) is 12.9. The molecule has 0 aliphatic rings. The van der Waals surface area contributed by atoms with Crippen molar-refractivity contribution in [2.45, 2.75) is 19.8 Å². The Hall–Kier alpha value is -1.51. The number of hydrogen-bond acceptors (Lipinski definition) is 3. The molecule has 3 heterocycles. The molecule has 0 radical (unpaired) electrons. The molecule has 3 aromatic rings. The van der Waals surface area contributed by atoms with Crippen LogP contribution in [0.3, 0.4) is 0 Å². The molecule has 0 fully saturated rings. The van der Waals surface area contributed by atoms with Gasteiger partial charge in [-0.1, -0.05) is 11.9 Å². The van der Waals surface area contributed by atoms with E-state index in [1.165, 1.54) is 6.33 Å². The van der Waals surface area contributed by atoms with E-state index < -0.39 is 0 Å². The molecular formula is C11H13IN6. The second-order valence-corrected chi connectivity index (χ2v) is 3.83. The van der Waals surface area contributed by atoms with E-state index in [9.17, 15) is 0 Å². The van der Waals surface area contributed by atoms with Gasteiger partial charge in [0.2, 0.25) is 5.82 Å². The Bertz CT molecular complexity index is 644. The second-order valence-electron chi connectivity index (χ2n) is 3.83. The van der Waals surface area contributed by atoms with E-state index in [0.717, 1.165) is 30.0 Å². The molecule has 0 spiro atoms. The van der Waals surface area contributed by atoms with Gasteiger partial charge < -0.3 is 29.0 Å². The predicted octanol–water partition coefficient (Wildman–Crippen LogP) is -2.09. The summed E-state index contributed by atoms with van der Waals surface area (Å²) in [6, 6.07) is 0. The van der Waals surface area contributed by atoms with Gasteiger partial charge >= 0.3 is 0 Å². The van der Waals surface area contributed by atoms with Gasteiger partial charge in [-0.25, -0.2) is 9.55 Å². The second kappa shape index (κ2) is 5.42. The lowest BCUT2D eigenvalue weighted by molar-refractivity contribution is -0.605. The maximum Gasteiger partial charge on any atom is 0.296 e. The fourth-order valence-electron chi connectivity index (χ4n) is 1.93. The molecular weight excluding hydrogens is 343 g/mol. The molecule has 0 saturated heterocycles. The van der Waals surface area contributed by atoms with Gasteiger partial charge in [-0.15, -0.1) is 0 Å². The zero-order valence-electron chi connectivity index (χ0n) is 9.89. The Morgan fingerprint density at radius 2 is 2.11 bits per heavy atom. The van der Waals surface area contributed by atoms with E-state index in [4.69, 9.17) is 0 Å². The van der Waals surface area contributed by atoms with Crippen molar-refractivity contribution < 1.29 is 28.5 Å². The van der Waals surface area contributed by atoms with Crippen molar-refractivity contribution in [2.24, 2.45) is 0 Å². The van der Waals surface area contributed by atoms with E-state index in [-0.39, 0.29) is 24.0 Å². The zero-order valence-corrected chi connectivity index (χ0v) is 12.0. The van der Waals surface area contributed by atoms with Gasteiger partial charge in [0.25, 0.3) is 5.82 Å². The van der Waals surface area contributed by atoms with E-state index >= 15 is 0 Å². The number of halogens is 1. The van der Waals surface area contributed by atoms with Gasteiger partial charge in [0.15, 0.2) is 17.5 Å². The minimum atomic E-state index is 0. The Labute approximate surface area is 121 Å². The highest BCUT2D eigenvalue weighted by molar-refractivity contribution is 5.75. The number of aryl methyl sites for hydroxylation is 1. The largest absolute Gasteiger partial charge is 1.00 e. The highest BCUT2D eigenvalue weighted by Gasteiger charge is 2.17. The Balaban J connectivity index is 0.00000120. The van der Waals surface area contributed by atoms with Crippen LogP contribution in [0.2, 0.25) is 0 Å². The van der Waals surface area contributed by atoms with Crippen LogP contribution >= 0.6 is 0 Å². The van der Waals surface area contributed by atoms with Crippen LogP contribution in [0.4, 0.5) is 0 Å². The van der Waals surface area contributed by atoms with Crippen molar-refractivity contribution in [1.82, 2.24) is 24.9 Å². The van der Waals surface area contributed by atoms with Crippen molar-refractivity contribution in [3.8, 4) is 5.82 Å². The molecule has 94 valence electrons. The quantitative estimate of drug-likeness (QED) is 0.418. The summed E-state index contributed by atoms with van der Waals surface area (Å²) in [6.07, 6.45) is 9.11. The third kappa shape index (κ3) is 2.09. The van der Waals surface area contributed by atoms with Gasteiger partial charge in [-0.3, -0.25) is 4.98 Å². The molecule has 18 heavy (non-hydrogen) atoms. The van der Waals surface area contributed by atoms with Gasteiger partial charge in [0, 0.05) is 6.42 Å². The average Bonchev–Trinajstić information content (AvgIpc) is 2.96. The van der Waals surface area contributed by atoms with Gasteiger partial charge in [0.1, 0.15) is 6.20 Å². The first-order valence-electron chi connectivity index (χ1n) is 5.62. The zero-order chi connectivity index (χ0) is 11.7. The monoisotopic (exact) mass is 356 g/mol. The molecule has 0 atom stereocenters. The molecule has 7 heteroatoms. The smallest absolute Gasteiger partial charge is 0.296 e. The molecule has 0 amide bonds. The molecule has 2 N–H and O–H groups in total. The molecule has 0 aliphatic heterocycles. The third-order valence-electron chi connectivity index (χ3n) is 2.68. The molecule has 6 nitrogen and oxygen atoms in total. The van der Waals surface area contributed by atoms with Crippen LogP contribution in [0.5, 0.6) is 0 Å². The Morgan fingerprint density at radius 1 is 1.22 bits per heavy atom. The number of aromatic nitrogens is 6. The van der Waals surface area contributed by atoms with Crippen LogP contribution in [-0.2, 0) is 6.42 Å². The van der Waals surface area contributed by atoms with E-state index in [0.29, 0.717) is 5.65 Å². The van der Waals surface area contributed by atoms with Crippen molar-refractivity contribution >= 4 is 11.2 Å². The lowest BCUT2D eigenvalue weighted by Crippen LogP contribution is -3.00. The van der Waals surface area contributed by atoms with E-state index in [1.54, 1.807) is 6.33 Å². The fourth-order valence-corrected chi connectivity index (χ4v) is 1.93. The lowest BCUT2D eigenvalue weighted by Gasteiger charge is -1.98. The van der Waals surface area contributed by atoms with Crippen LogP contribution < -0.4 is 28.5 Å². The van der Waals surface area contributed by atoms with Crippen LogP contribution in [0.1, 0.15) is 19.2 Å². The summed E-state index contributed by atoms with van der Waals surface area (Å²) in [6.45, 7) is 2.15. The van der Waals surface area contributed by atoms with Crippen LogP contribution in [-0.4, -0.2) is 24.9 Å². The SMILES string of the molecule is CCCc1[nH]cc[n+]1-c1ncnc2nc[nH]c12.[I-]. The van der Waals surface area contributed by atoms with Crippen LogP contribution in [0, 0.1) is 0 Å². The maximum absolute atomic E-state index is 4.33. The molecule has 0 unspecified atom stereocenters. The number of H-pyrrole nitrogens is 2. The average molecular weight is 356 g/mol. The van der Waals surface area contributed by atoms with Crippen molar-refractivity contribution in [3.05, 3.63) is 30.9 Å². The summed E-state index contributed by atoms with van der Waals surface area (Å²) >= 11 is 0.